The van der Waals surface area contributed by atoms with Crippen molar-refractivity contribution >= 4 is 15.9 Å². The number of hydrogen-bond donors (Lipinski definition) is 1. The zero-order chi connectivity index (χ0) is 11.6. The average Bonchev–Trinajstić information content (AvgIpc) is 2.34. The van der Waals surface area contributed by atoms with Crippen molar-refractivity contribution in [1.29, 1.82) is 0 Å². The number of benzene rings is 1. The lowest BCUT2D eigenvalue weighted by Gasteiger charge is -2.08. The van der Waals surface area contributed by atoms with E-state index in [-0.39, 0.29) is 0 Å². The minimum Gasteiger partial charge on any atom is -0.317 e. The maximum Gasteiger partial charge on any atom is 0.0155 e. The lowest BCUT2D eigenvalue weighted by atomic mass is 10.1. The van der Waals surface area contributed by atoms with E-state index in [0.29, 0.717) is 4.83 Å². The van der Waals surface area contributed by atoms with Crippen LogP contribution < -0.4 is 5.32 Å². The normalized spacial score (nSPS) is 12.6. The van der Waals surface area contributed by atoms with Crippen molar-refractivity contribution in [2.45, 2.75) is 37.4 Å². The summed E-state index contributed by atoms with van der Waals surface area (Å²) in [5, 5.41) is 3.49. The van der Waals surface area contributed by atoms with E-state index in [1.54, 1.807) is 0 Å². The summed E-state index contributed by atoms with van der Waals surface area (Å²) in [6.45, 7) is 4.46. The van der Waals surface area contributed by atoms with Crippen molar-refractivity contribution in [2.24, 2.45) is 0 Å². The first-order valence-electron chi connectivity index (χ1n) is 6.21. The van der Waals surface area contributed by atoms with Gasteiger partial charge >= 0.3 is 0 Å². The van der Waals surface area contributed by atoms with Crippen LogP contribution in [0.2, 0.25) is 0 Å². The third-order valence-corrected chi connectivity index (χ3v) is 3.84. The highest BCUT2D eigenvalue weighted by Crippen LogP contribution is 2.07. The van der Waals surface area contributed by atoms with E-state index < -0.39 is 0 Å². The van der Waals surface area contributed by atoms with Crippen LogP contribution in [0.3, 0.4) is 0 Å². The van der Waals surface area contributed by atoms with E-state index in [1.807, 2.05) is 0 Å². The molecule has 0 aliphatic heterocycles. The Morgan fingerprint density at radius 3 is 2.62 bits per heavy atom. The van der Waals surface area contributed by atoms with Crippen LogP contribution in [0.5, 0.6) is 0 Å². The Hall–Kier alpha value is -0.340. The molecule has 1 unspecified atom stereocenters. The highest BCUT2D eigenvalue weighted by molar-refractivity contribution is 9.09. The van der Waals surface area contributed by atoms with E-state index in [1.165, 1.54) is 31.2 Å². The van der Waals surface area contributed by atoms with Gasteiger partial charge in [0.15, 0.2) is 0 Å². The van der Waals surface area contributed by atoms with Gasteiger partial charge in [-0.05, 0) is 44.3 Å². The summed E-state index contributed by atoms with van der Waals surface area (Å²) < 4.78 is 0. The molecule has 0 fully saturated rings. The van der Waals surface area contributed by atoms with Crippen LogP contribution in [0.4, 0.5) is 0 Å². The predicted molar refractivity (Wildman–Crippen MR) is 75.3 cm³/mol. The molecule has 1 rings (SSSR count). The Labute approximate surface area is 108 Å². The molecule has 0 saturated carbocycles. The summed E-state index contributed by atoms with van der Waals surface area (Å²) in [7, 11) is 0. The van der Waals surface area contributed by atoms with Gasteiger partial charge in [-0.2, -0.15) is 0 Å². The Bertz CT molecular complexity index is 261. The van der Waals surface area contributed by atoms with Crippen molar-refractivity contribution < 1.29 is 0 Å². The highest BCUT2D eigenvalue weighted by atomic mass is 79.9. The fourth-order valence-electron chi connectivity index (χ4n) is 1.65. The number of hydrogen-bond acceptors (Lipinski definition) is 1. The molecule has 0 aliphatic carbocycles. The largest absolute Gasteiger partial charge is 0.317 e. The number of rotatable bonds is 8. The fourth-order valence-corrected chi connectivity index (χ4v) is 1.88. The van der Waals surface area contributed by atoms with Gasteiger partial charge in [-0.3, -0.25) is 0 Å². The van der Waals surface area contributed by atoms with Crippen molar-refractivity contribution in [3.63, 3.8) is 0 Å². The van der Waals surface area contributed by atoms with Crippen LogP contribution >= 0.6 is 15.9 Å². The van der Waals surface area contributed by atoms with Gasteiger partial charge in [-0.15, -0.1) is 0 Å². The third kappa shape index (κ3) is 6.29. The quantitative estimate of drug-likeness (QED) is 0.566. The van der Waals surface area contributed by atoms with Crippen LogP contribution in [0, 0.1) is 0 Å². The molecule has 90 valence electrons. The van der Waals surface area contributed by atoms with Gasteiger partial charge in [0.2, 0.25) is 0 Å². The Morgan fingerprint density at radius 2 is 1.94 bits per heavy atom. The predicted octanol–water partition coefficient (Wildman–Crippen LogP) is 3.77. The molecule has 0 saturated heterocycles. The molecule has 1 aromatic rings. The van der Waals surface area contributed by atoms with Crippen LogP contribution in [0.15, 0.2) is 30.3 Å². The number of alkyl halides is 1. The maximum absolute atomic E-state index is 3.64. The van der Waals surface area contributed by atoms with Gasteiger partial charge in [0.1, 0.15) is 0 Å². The van der Waals surface area contributed by atoms with E-state index in [4.69, 9.17) is 0 Å². The van der Waals surface area contributed by atoms with Gasteiger partial charge in [0, 0.05) is 4.83 Å². The first kappa shape index (κ1) is 13.7. The first-order chi connectivity index (χ1) is 7.83. The second-order valence-corrected chi connectivity index (χ2v) is 5.43. The summed E-state index contributed by atoms with van der Waals surface area (Å²) in [5.41, 5.74) is 1.44. The van der Waals surface area contributed by atoms with Crippen LogP contribution in [0.1, 0.15) is 31.7 Å². The van der Waals surface area contributed by atoms with Crippen LogP contribution in [0.25, 0.3) is 0 Å². The Kier molecular flexibility index (Phi) is 7.52. The lowest BCUT2D eigenvalue weighted by molar-refractivity contribution is 0.609. The average molecular weight is 284 g/mol. The monoisotopic (exact) mass is 283 g/mol. The van der Waals surface area contributed by atoms with Gasteiger partial charge in [-0.25, -0.2) is 0 Å². The molecule has 1 nitrogen and oxygen atoms in total. The summed E-state index contributed by atoms with van der Waals surface area (Å²) >= 11 is 3.64. The number of aryl methyl sites for hydroxylation is 1. The Balaban J connectivity index is 1.96. The number of nitrogens with one attached hydrogen (secondary N) is 1. The van der Waals surface area contributed by atoms with Crippen molar-refractivity contribution in [3.8, 4) is 0 Å². The highest BCUT2D eigenvalue weighted by Gasteiger charge is 1.99. The van der Waals surface area contributed by atoms with Gasteiger partial charge in [-0.1, -0.05) is 53.2 Å². The smallest absolute Gasteiger partial charge is 0.0155 e. The summed E-state index contributed by atoms with van der Waals surface area (Å²) in [5.74, 6) is 0. The first-order valence-corrected chi connectivity index (χ1v) is 7.13. The molecule has 0 aromatic heterocycles. The summed E-state index contributed by atoms with van der Waals surface area (Å²) in [6.07, 6.45) is 4.84. The zero-order valence-corrected chi connectivity index (χ0v) is 11.7. The second-order valence-electron chi connectivity index (χ2n) is 4.13. The molecular weight excluding hydrogens is 262 g/mol. The molecule has 2 heteroatoms. The summed E-state index contributed by atoms with van der Waals surface area (Å²) in [4.78, 5) is 0.675. The third-order valence-electron chi connectivity index (χ3n) is 2.74. The van der Waals surface area contributed by atoms with E-state index in [0.717, 1.165) is 13.1 Å². The molecule has 0 heterocycles. The molecule has 0 spiro atoms. The van der Waals surface area contributed by atoms with Crippen LogP contribution in [-0.2, 0) is 6.42 Å². The summed E-state index contributed by atoms with van der Waals surface area (Å²) in [6, 6.07) is 10.7. The van der Waals surface area contributed by atoms with Crippen molar-refractivity contribution in [1.82, 2.24) is 5.32 Å². The lowest BCUT2D eigenvalue weighted by Crippen LogP contribution is -2.19. The van der Waals surface area contributed by atoms with Crippen molar-refractivity contribution in [3.05, 3.63) is 35.9 Å². The van der Waals surface area contributed by atoms with E-state index >= 15 is 0 Å². The zero-order valence-electron chi connectivity index (χ0n) is 10.1. The molecule has 1 aromatic carbocycles. The van der Waals surface area contributed by atoms with Gasteiger partial charge in [0.25, 0.3) is 0 Å². The molecule has 0 amide bonds. The second kappa shape index (κ2) is 8.77. The topological polar surface area (TPSA) is 12.0 Å². The van der Waals surface area contributed by atoms with E-state index in [9.17, 15) is 0 Å². The Morgan fingerprint density at radius 1 is 1.19 bits per heavy atom. The standard InChI is InChI=1S/C14H22BrN/c1-2-14(15)10-12-16-11-6-9-13-7-4-3-5-8-13/h3-5,7-8,14,16H,2,6,9-12H2,1H3. The molecule has 0 aliphatic rings. The maximum atomic E-state index is 3.64. The molecule has 16 heavy (non-hydrogen) atoms. The van der Waals surface area contributed by atoms with Crippen molar-refractivity contribution in [2.75, 3.05) is 13.1 Å². The molecule has 1 N–H and O–H groups in total. The fraction of sp³-hybridized carbons (Fsp3) is 0.571. The SMILES string of the molecule is CCC(Br)CCNCCCc1ccccc1. The van der Waals surface area contributed by atoms with Crippen LogP contribution in [-0.4, -0.2) is 17.9 Å². The minimum atomic E-state index is 0.675. The minimum absolute atomic E-state index is 0.675. The van der Waals surface area contributed by atoms with Gasteiger partial charge in [0.05, 0.1) is 0 Å². The number of halogens is 1. The molecular formula is C14H22BrN. The molecule has 1 atom stereocenters. The molecule has 0 bridgehead atoms. The van der Waals surface area contributed by atoms with E-state index in [2.05, 4.69) is 58.5 Å². The van der Waals surface area contributed by atoms with Gasteiger partial charge < -0.3 is 5.32 Å². The molecule has 0 radical (unpaired) electrons.